The number of aromatic nitrogens is 2. The Morgan fingerprint density at radius 2 is 1.80 bits per heavy atom. The normalized spacial score (nSPS) is 11.9. The van der Waals surface area contributed by atoms with Crippen molar-refractivity contribution < 1.29 is 13.2 Å². The molecule has 0 aliphatic heterocycles. The zero-order chi connectivity index (χ0) is 21.3. The maximum Gasteiger partial charge on any atom is 0.416 e. The summed E-state index contributed by atoms with van der Waals surface area (Å²) >= 11 is 1.52. The van der Waals surface area contributed by atoms with E-state index in [1.807, 2.05) is 5.38 Å². The third-order valence-electron chi connectivity index (χ3n) is 4.97. The van der Waals surface area contributed by atoms with Gasteiger partial charge >= 0.3 is 6.18 Å². The third kappa shape index (κ3) is 4.16. The highest BCUT2D eigenvalue weighted by atomic mass is 32.1. The SMILES string of the molecule is CC(C)c1ccc(-c2csc3ncnc(NCc4cccc(C(F)(F)F)c4)c23)cc1. The van der Waals surface area contributed by atoms with E-state index in [-0.39, 0.29) is 6.54 Å². The molecule has 2 aromatic heterocycles. The van der Waals surface area contributed by atoms with Crippen LogP contribution in [-0.2, 0) is 12.7 Å². The van der Waals surface area contributed by atoms with E-state index in [1.165, 1.54) is 29.3 Å². The third-order valence-corrected chi connectivity index (χ3v) is 5.86. The molecule has 3 nitrogen and oxygen atoms in total. The summed E-state index contributed by atoms with van der Waals surface area (Å²) in [5.74, 6) is 1.06. The van der Waals surface area contributed by atoms with Crippen molar-refractivity contribution in [3.63, 3.8) is 0 Å². The molecule has 0 aliphatic carbocycles. The van der Waals surface area contributed by atoms with Gasteiger partial charge in [0, 0.05) is 17.5 Å². The van der Waals surface area contributed by atoms with Gasteiger partial charge in [0.15, 0.2) is 0 Å². The van der Waals surface area contributed by atoms with Crippen LogP contribution in [0, 0.1) is 0 Å². The van der Waals surface area contributed by atoms with Crippen LogP contribution in [-0.4, -0.2) is 9.97 Å². The van der Waals surface area contributed by atoms with Crippen molar-refractivity contribution in [1.82, 2.24) is 9.97 Å². The second kappa shape index (κ2) is 8.07. The smallest absolute Gasteiger partial charge is 0.365 e. The molecule has 154 valence electrons. The highest BCUT2D eigenvalue weighted by Gasteiger charge is 2.30. The van der Waals surface area contributed by atoms with E-state index < -0.39 is 11.7 Å². The number of alkyl halides is 3. The number of fused-ring (bicyclic) bond motifs is 1. The molecule has 0 amide bonds. The number of halogens is 3. The number of benzene rings is 2. The van der Waals surface area contributed by atoms with Crippen LogP contribution in [0.25, 0.3) is 21.3 Å². The van der Waals surface area contributed by atoms with Crippen LogP contribution in [0.5, 0.6) is 0 Å². The molecule has 0 atom stereocenters. The van der Waals surface area contributed by atoms with Gasteiger partial charge in [0.1, 0.15) is 17.0 Å². The lowest BCUT2D eigenvalue weighted by atomic mass is 9.99. The summed E-state index contributed by atoms with van der Waals surface area (Å²) in [6.45, 7) is 4.54. The Hall–Kier alpha value is -2.93. The van der Waals surface area contributed by atoms with Gasteiger partial charge in [-0.05, 0) is 34.7 Å². The van der Waals surface area contributed by atoms with Crippen LogP contribution < -0.4 is 5.32 Å². The first-order chi connectivity index (χ1) is 14.3. The molecule has 4 rings (SSSR count). The summed E-state index contributed by atoms with van der Waals surface area (Å²) in [6, 6.07) is 13.7. The first kappa shape index (κ1) is 20.3. The minimum Gasteiger partial charge on any atom is -0.365 e. The summed E-state index contributed by atoms with van der Waals surface area (Å²) in [4.78, 5) is 9.55. The summed E-state index contributed by atoms with van der Waals surface area (Å²) in [5.41, 5.74) is 3.21. The fourth-order valence-corrected chi connectivity index (χ4v) is 4.23. The van der Waals surface area contributed by atoms with E-state index in [9.17, 15) is 13.2 Å². The molecule has 0 radical (unpaired) electrons. The fourth-order valence-electron chi connectivity index (χ4n) is 3.31. The average Bonchev–Trinajstić information content (AvgIpc) is 3.17. The van der Waals surface area contributed by atoms with Gasteiger partial charge in [-0.3, -0.25) is 0 Å². The minimum absolute atomic E-state index is 0.234. The van der Waals surface area contributed by atoms with E-state index in [0.29, 0.717) is 17.3 Å². The van der Waals surface area contributed by atoms with Crippen molar-refractivity contribution in [3.05, 3.63) is 76.9 Å². The molecule has 0 unspecified atom stereocenters. The lowest BCUT2D eigenvalue weighted by Crippen LogP contribution is -2.07. The number of nitrogens with zero attached hydrogens (tertiary/aromatic N) is 2. The van der Waals surface area contributed by atoms with Gasteiger partial charge in [0.25, 0.3) is 0 Å². The second-order valence-electron chi connectivity index (χ2n) is 7.38. The van der Waals surface area contributed by atoms with Crippen molar-refractivity contribution in [2.45, 2.75) is 32.5 Å². The van der Waals surface area contributed by atoms with Gasteiger partial charge in [0.05, 0.1) is 10.9 Å². The van der Waals surface area contributed by atoms with Gasteiger partial charge in [-0.2, -0.15) is 13.2 Å². The zero-order valence-electron chi connectivity index (χ0n) is 16.5. The molecule has 0 saturated heterocycles. The molecule has 2 aromatic carbocycles. The second-order valence-corrected chi connectivity index (χ2v) is 8.24. The van der Waals surface area contributed by atoms with E-state index in [2.05, 4.69) is 53.4 Å². The highest BCUT2D eigenvalue weighted by Crippen LogP contribution is 2.37. The number of thiophene rings is 1. The summed E-state index contributed by atoms with van der Waals surface area (Å²) in [5, 5.41) is 6.12. The van der Waals surface area contributed by atoms with Crippen molar-refractivity contribution in [2.75, 3.05) is 5.32 Å². The van der Waals surface area contributed by atoms with Crippen LogP contribution in [0.1, 0.15) is 36.5 Å². The van der Waals surface area contributed by atoms with Crippen LogP contribution in [0.3, 0.4) is 0 Å². The summed E-state index contributed by atoms with van der Waals surface area (Å²) < 4.78 is 38.9. The predicted octanol–water partition coefficient (Wildman–Crippen LogP) is 7.11. The molecular weight excluding hydrogens is 407 g/mol. The number of anilines is 1. The quantitative estimate of drug-likeness (QED) is 0.369. The highest BCUT2D eigenvalue weighted by molar-refractivity contribution is 7.17. The predicted molar refractivity (Wildman–Crippen MR) is 116 cm³/mol. The van der Waals surface area contributed by atoms with Crippen LogP contribution in [0.15, 0.2) is 60.2 Å². The molecule has 0 saturated carbocycles. The molecule has 0 aliphatic rings. The Balaban J connectivity index is 1.65. The number of rotatable bonds is 5. The number of hydrogen-bond donors (Lipinski definition) is 1. The lowest BCUT2D eigenvalue weighted by Gasteiger charge is -2.11. The molecule has 7 heteroatoms. The van der Waals surface area contributed by atoms with E-state index in [1.54, 1.807) is 6.07 Å². The maximum atomic E-state index is 13.0. The largest absolute Gasteiger partial charge is 0.416 e. The van der Waals surface area contributed by atoms with Gasteiger partial charge in [0.2, 0.25) is 0 Å². The van der Waals surface area contributed by atoms with Gasteiger partial charge < -0.3 is 5.32 Å². The molecule has 0 spiro atoms. The van der Waals surface area contributed by atoms with Crippen LogP contribution >= 0.6 is 11.3 Å². The van der Waals surface area contributed by atoms with Crippen LogP contribution in [0.2, 0.25) is 0 Å². The molecule has 0 fully saturated rings. The number of hydrogen-bond acceptors (Lipinski definition) is 4. The molecule has 4 aromatic rings. The maximum absolute atomic E-state index is 13.0. The van der Waals surface area contributed by atoms with Crippen molar-refractivity contribution >= 4 is 27.4 Å². The first-order valence-corrected chi connectivity index (χ1v) is 10.4. The van der Waals surface area contributed by atoms with Gasteiger partial charge in [-0.1, -0.05) is 50.2 Å². The molecular formula is C23H20F3N3S. The molecule has 30 heavy (non-hydrogen) atoms. The Morgan fingerprint density at radius 1 is 1.03 bits per heavy atom. The van der Waals surface area contributed by atoms with Crippen molar-refractivity contribution in [3.8, 4) is 11.1 Å². The molecule has 1 N–H and O–H groups in total. The van der Waals surface area contributed by atoms with E-state index in [4.69, 9.17) is 0 Å². The zero-order valence-corrected chi connectivity index (χ0v) is 17.3. The summed E-state index contributed by atoms with van der Waals surface area (Å²) in [7, 11) is 0. The minimum atomic E-state index is -4.36. The van der Waals surface area contributed by atoms with Crippen molar-refractivity contribution in [1.29, 1.82) is 0 Å². The Bertz CT molecular complexity index is 1160. The topological polar surface area (TPSA) is 37.8 Å². The number of nitrogens with one attached hydrogen (secondary N) is 1. The van der Waals surface area contributed by atoms with Crippen molar-refractivity contribution in [2.24, 2.45) is 0 Å². The molecule has 2 heterocycles. The average molecular weight is 427 g/mol. The Kier molecular flexibility index (Phi) is 5.47. The van der Waals surface area contributed by atoms with Gasteiger partial charge in [-0.15, -0.1) is 11.3 Å². The molecule has 0 bridgehead atoms. The van der Waals surface area contributed by atoms with E-state index >= 15 is 0 Å². The Labute approximate surface area is 176 Å². The van der Waals surface area contributed by atoms with E-state index in [0.717, 1.165) is 33.5 Å². The first-order valence-electron chi connectivity index (χ1n) is 9.55. The van der Waals surface area contributed by atoms with Gasteiger partial charge in [-0.25, -0.2) is 9.97 Å². The van der Waals surface area contributed by atoms with Crippen LogP contribution in [0.4, 0.5) is 19.0 Å². The fraction of sp³-hybridized carbons (Fsp3) is 0.217. The monoisotopic (exact) mass is 427 g/mol. The lowest BCUT2D eigenvalue weighted by molar-refractivity contribution is -0.137. The Morgan fingerprint density at radius 3 is 2.50 bits per heavy atom. The summed E-state index contributed by atoms with van der Waals surface area (Å²) in [6.07, 6.45) is -2.89. The standard InChI is InChI=1S/C23H20F3N3S/c1-14(2)16-6-8-17(9-7-16)19-12-30-22-20(19)21(28-13-29-22)27-11-15-4-3-5-18(10-15)23(24,25)26/h3-10,12-14H,11H2,1-2H3,(H,27,28,29).